The van der Waals surface area contributed by atoms with Crippen LogP contribution in [0.4, 0.5) is 5.69 Å². The van der Waals surface area contributed by atoms with Gasteiger partial charge in [-0.3, -0.25) is 9.10 Å². The molecule has 10 heteroatoms. The van der Waals surface area contributed by atoms with E-state index in [1.165, 1.54) is 9.87 Å². The molecule has 41 heavy (non-hydrogen) atoms. The molecule has 3 aromatic carbocycles. The van der Waals surface area contributed by atoms with E-state index in [0.717, 1.165) is 33.3 Å². The molecule has 4 aromatic rings. The highest BCUT2D eigenvalue weighted by Crippen LogP contribution is 2.31. The van der Waals surface area contributed by atoms with Gasteiger partial charge in [-0.15, -0.1) is 0 Å². The lowest BCUT2D eigenvalue weighted by Crippen LogP contribution is -2.47. The molecule has 0 atom stereocenters. The number of carboxylic acid groups (broad SMARTS) is 1. The highest BCUT2D eigenvalue weighted by Gasteiger charge is 2.34. The lowest BCUT2D eigenvalue weighted by Gasteiger charge is -2.34. The summed E-state index contributed by atoms with van der Waals surface area (Å²) in [6.07, 6.45) is 2.02. The molecule has 2 heterocycles. The quantitative estimate of drug-likeness (QED) is 0.263. The first-order valence-electron chi connectivity index (χ1n) is 13.5. The molecule has 0 aliphatic carbocycles. The maximum absolute atomic E-state index is 13.6. The first kappa shape index (κ1) is 28.4. The van der Waals surface area contributed by atoms with Crippen LogP contribution in [0.15, 0.2) is 77.2 Å². The van der Waals surface area contributed by atoms with E-state index in [1.54, 1.807) is 36.4 Å². The maximum Gasteiger partial charge on any atom is 0.318 e. The predicted octanol–water partition coefficient (Wildman–Crippen LogP) is 5.16. The van der Waals surface area contributed by atoms with Crippen LogP contribution < -0.4 is 9.04 Å². The Morgan fingerprint density at radius 2 is 1.78 bits per heavy atom. The van der Waals surface area contributed by atoms with Crippen molar-refractivity contribution in [2.75, 3.05) is 24.0 Å². The van der Waals surface area contributed by atoms with Crippen molar-refractivity contribution in [3.05, 3.63) is 101 Å². The number of nitrogens with zero attached hydrogens (tertiary/aromatic N) is 3. The fourth-order valence-electron chi connectivity index (χ4n) is 4.89. The average Bonchev–Trinajstić information content (AvgIpc) is 3.33. The van der Waals surface area contributed by atoms with Crippen molar-refractivity contribution >= 4 is 21.9 Å². The van der Waals surface area contributed by atoms with Crippen LogP contribution in [0, 0.1) is 13.8 Å². The standard InChI is InChI=1S/C31H33N3O6S/c1-22-9-13-26(14-10-22)31-32-28(23(2)40-31)17-19-39-27-15-11-24(12-16-27)20-33(21-30(35)36)41(37,38)34-18-5-7-25-6-3-4-8-29(25)34/h3-4,6,8-16H,5,7,17-21H2,1-2H3,(H,35,36). The van der Waals surface area contributed by atoms with Crippen molar-refractivity contribution in [1.29, 1.82) is 0 Å². The van der Waals surface area contributed by atoms with Gasteiger partial charge in [0.25, 0.3) is 0 Å². The van der Waals surface area contributed by atoms with Gasteiger partial charge in [0, 0.05) is 25.1 Å². The van der Waals surface area contributed by atoms with E-state index in [2.05, 4.69) is 4.98 Å². The normalized spacial score (nSPS) is 13.3. The molecular weight excluding hydrogens is 542 g/mol. The molecule has 0 unspecified atom stereocenters. The monoisotopic (exact) mass is 575 g/mol. The Morgan fingerprint density at radius 3 is 2.51 bits per heavy atom. The summed E-state index contributed by atoms with van der Waals surface area (Å²) in [6, 6.07) is 22.4. The largest absolute Gasteiger partial charge is 0.493 e. The van der Waals surface area contributed by atoms with Gasteiger partial charge in [0.1, 0.15) is 18.1 Å². The number of anilines is 1. The maximum atomic E-state index is 13.6. The smallest absolute Gasteiger partial charge is 0.318 e. The zero-order valence-electron chi connectivity index (χ0n) is 23.1. The Bertz CT molecular complexity index is 1610. The minimum Gasteiger partial charge on any atom is -0.493 e. The minimum atomic E-state index is -4.07. The molecule has 5 rings (SSSR count). The fourth-order valence-corrected chi connectivity index (χ4v) is 6.54. The summed E-state index contributed by atoms with van der Waals surface area (Å²) in [4.78, 5) is 16.3. The van der Waals surface area contributed by atoms with Crippen molar-refractivity contribution in [1.82, 2.24) is 9.29 Å². The van der Waals surface area contributed by atoms with Crippen LogP contribution in [0.5, 0.6) is 5.75 Å². The third-order valence-corrected chi connectivity index (χ3v) is 8.91. The van der Waals surface area contributed by atoms with Crippen molar-refractivity contribution in [2.45, 2.75) is 39.7 Å². The Morgan fingerprint density at radius 1 is 1.05 bits per heavy atom. The summed E-state index contributed by atoms with van der Waals surface area (Å²) >= 11 is 0. The summed E-state index contributed by atoms with van der Waals surface area (Å²) in [7, 11) is -4.07. The molecule has 9 nitrogen and oxygen atoms in total. The van der Waals surface area contributed by atoms with Gasteiger partial charge < -0.3 is 14.3 Å². The van der Waals surface area contributed by atoms with Gasteiger partial charge in [-0.05, 0) is 68.1 Å². The van der Waals surface area contributed by atoms with E-state index >= 15 is 0 Å². The Labute approximate surface area is 240 Å². The van der Waals surface area contributed by atoms with Crippen LogP contribution >= 0.6 is 0 Å². The second kappa shape index (κ2) is 12.2. The molecular formula is C31H33N3O6S. The summed E-state index contributed by atoms with van der Waals surface area (Å²) in [5.74, 6) is 0.727. The zero-order valence-corrected chi connectivity index (χ0v) is 23.9. The van der Waals surface area contributed by atoms with E-state index in [1.807, 2.05) is 50.2 Å². The number of carbonyl (C=O) groups is 1. The van der Waals surface area contributed by atoms with Crippen molar-refractivity contribution in [3.8, 4) is 17.2 Å². The van der Waals surface area contributed by atoms with Crippen molar-refractivity contribution in [3.63, 3.8) is 0 Å². The summed E-state index contributed by atoms with van der Waals surface area (Å²) in [5.41, 5.74) is 5.11. The van der Waals surface area contributed by atoms with Crippen LogP contribution in [0.2, 0.25) is 0 Å². The second-order valence-corrected chi connectivity index (χ2v) is 12.0. The molecule has 0 saturated heterocycles. The van der Waals surface area contributed by atoms with Gasteiger partial charge in [0.2, 0.25) is 5.89 Å². The molecule has 0 bridgehead atoms. The van der Waals surface area contributed by atoms with E-state index in [0.29, 0.717) is 48.9 Å². The predicted molar refractivity (Wildman–Crippen MR) is 156 cm³/mol. The number of ether oxygens (including phenoxy) is 1. The van der Waals surface area contributed by atoms with Crippen molar-refractivity contribution < 1.29 is 27.5 Å². The number of aliphatic carboxylic acids is 1. The van der Waals surface area contributed by atoms with Gasteiger partial charge in [0.15, 0.2) is 0 Å². The number of fused-ring (bicyclic) bond motifs is 1. The minimum absolute atomic E-state index is 0.0759. The van der Waals surface area contributed by atoms with Gasteiger partial charge in [-0.2, -0.15) is 12.7 Å². The molecule has 0 saturated carbocycles. The Hall–Kier alpha value is -4.15. The summed E-state index contributed by atoms with van der Waals surface area (Å²) < 4.78 is 41.3. The number of aryl methyl sites for hydroxylation is 3. The summed E-state index contributed by atoms with van der Waals surface area (Å²) in [6.45, 7) is 3.89. The van der Waals surface area contributed by atoms with E-state index in [-0.39, 0.29) is 6.54 Å². The first-order chi connectivity index (χ1) is 19.7. The molecule has 1 aliphatic rings. The molecule has 0 radical (unpaired) electrons. The fraction of sp³-hybridized carbons (Fsp3) is 0.290. The lowest BCUT2D eigenvalue weighted by atomic mass is 10.0. The van der Waals surface area contributed by atoms with Crippen LogP contribution in [0.1, 0.15) is 34.6 Å². The van der Waals surface area contributed by atoms with Gasteiger partial charge in [-0.25, -0.2) is 4.98 Å². The first-order valence-corrected chi connectivity index (χ1v) is 14.9. The Kier molecular flexibility index (Phi) is 8.41. The number of para-hydroxylation sites is 1. The van der Waals surface area contributed by atoms with Crippen LogP contribution in [-0.2, 0) is 34.4 Å². The summed E-state index contributed by atoms with van der Waals surface area (Å²) in [5, 5.41) is 9.49. The van der Waals surface area contributed by atoms with Gasteiger partial charge in [0.05, 0.1) is 18.0 Å². The van der Waals surface area contributed by atoms with Crippen LogP contribution in [0.25, 0.3) is 11.5 Å². The molecule has 1 aromatic heterocycles. The number of benzene rings is 3. The van der Waals surface area contributed by atoms with Crippen molar-refractivity contribution in [2.24, 2.45) is 0 Å². The molecule has 1 aliphatic heterocycles. The highest BCUT2D eigenvalue weighted by atomic mass is 32.2. The topological polar surface area (TPSA) is 113 Å². The lowest BCUT2D eigenvalue weighted by molar-refractivity contribution is -0.137. The van der Waals surface area contributed by atoms with E-state index in [4.69, 9.17) is 9.15 Å². The number of hydrogen-bond donors (Lipinski definition) is 1. The van der Waals surface area contributed by atoms with Crippen LogP contribution in [-0.4, -0.2) is 48.5 Å². The van der Waals surface area contributed by atoms with Gasteiger partial charge >= 0.3 is 16.2 Å². The number of oxazole rings is 1. The third kappa shape index (κ3) is 6.61. The van der Waals surface area contributed by atoms with E-state index in [9.17, 15) is 18.3 Å². The zero-order chi connectivity index (χ0) is 29.0. The number of aromatic nitrogens is 1. The second-order valence-electron chi connectivity index (χ2n) is 10.1. The third-order valence-electron chi connectivity index (χ3n) is 7.07. The van der Waals surface area contributed by atoms with Crippen LogP contribution in [0.3, 0.4) is 0 Å². The Balaban J connectivity index is 1.22. The van der Waals surface area contributed by atoms with E-state index < -0.39 is 22.7 Å². The number of carboxylic acids is 1. The SMILES string of the molecule is Cc1ccc(-c2nc(CCOc3ccc(CN(CC(=O)O)S(=O)(=O)N4CCCc5ccccc54)cc3)c(C)o2)cc1. The molecule has 0 amide bonds. The number of hydrogen-bond acceptors (Lipinski definition) is 6. The molecule has 0 spiro atoms. The number of rotatable bonds is 11. The molecule has 0 fully saturated rings. The average molecular weight is 576 g/mol. The molecule has 214 valence electrons. The van der Waals surface area contributed by atoms with Gasteiger partial charge in [-0.1, -0.05) is 48.0 Å². The highest BCUT2D eigenvalue weighted by molar-refractivity contribution is 7.90. The molecule has 1 N–H and O–H groups in total.